The van der Waals surface area contributed by atoms with Crippen LogP contribution in [-0.4, -0.2) is 44.7 Å². The third kappa shape index (κ3) is 3.97. The Balaban J connectivity index is 1.70. The maximum absolute atomic E-state index is 3.56. The van der Waals surface area contributed by atoms with Crippen molar-refractivity contribution in [3.8, 4) is 0 Å². The van der Waals surface area contributed by atoms with E-state index >= 15 is 0 Å². The summed E-state index contributed by atoms with van der Waals surface area (Å²) < 4.78 is 0. The van der Waals surface area contributed by atoms with Gasteiger partial charge in [-0.3, -0.25) is 0 Å². The predicted molar refractivity (Wildman–Crippen MR) is 87.5 cm³/mol. The molecule has 2 rings (SSSR count). The molecular formula is C17H29N3. The zero-order chi connectivity index (χ0) is 14.5. The smallest absolute Gasteiger partial charge is 0.0397 e. The molecule has 1 N–H and O–H groups in total. The van der Waals surface area contributed by atoms with Gasteiger partial charge in [0.25, 0.3) is 0 Å². The molecule has 0 amide bonds. The second-order valence-electron chi connectivity index (χ2n) is 6.24. The molecule has 0 aliphatic carbocycles. The molecule has 0 unspecified atom stereocenters. The average Bonchev–Trinajstić information content (AvgIpc) is 2.79. The summed E-state index contributed by atoms with van der Waals surface area (Å²) in [5, 5.41) is 3.56. The van der Waals surface area contributed by atoms with Crippen LogP contribution in [-0.2, 0) is 13.0 Å². The number of benzene rings is 1. The molecule has 0 bridgehead atoms. The van der Waals surface area contributed by atoms with E-state index in [9.17, 15) is 0 Å². The molecule has 1 aliphatic heterocycles. The molecule has 0 aromatic heterocycles. The topological polar surface area (TPSA) is 18.5 Å². The fourth-order valence-electron chi connectivity index (χ4n) is 2.67. The van der Waals surface area contributed by atoms with Crippen LogP contribution in [0.1, 0.15) is 31.4 Å². The molecule has 0 spiro atoms. The third-order valence-corrected chi connectivity index (χ3v) is 4.35. The standard InChI is InChI=1S/C17H29N3/c1-14(2)19(3)10-5-9-18-13-15-6-7-17-16(12-15)8-11-20(17)4/h6-7,12,14,18H,5,8-11,13H2,1-4H3. The summed E-state index contributed by atoms with van der Waals surface area (Å²) in [5.74, 6) is 0. The van der Waals surface area contributed by atoms with Crippen molar-refractivity contribution in [2.24, 2.45) is 0 Å². The lowest BCUT2D eigenvalue weighted by atomic mass is 10.1. The first-order valence-electron chi connectivity index (χ1n) is 7.82. The summed E-state index contributed by atoms with van der Waals surface area (Å²) in [4.78, 5) is 4.74. The van der Waals surface area contributed by atoms with E-state index in [1.165, 1.54) is 36.2 Å². The van der Waals surface area contributed by atoms with Gasteiger partial charge in [0.2, 0.25) is 0 Å². The zero-order valence-corrected chi connectivity index (χ0v) is 13.4. The summed E-state index contributed by atoms with van der Waals surface area (Å²) in [6.45, 7) is 8.90. The molecule has 1 aliphatic rings. The van der Waals surface area contributed by atoms with Crippen molar-refractivity contribution in [2.45, 2.75) is 39.3 Å². The van der Waals surface area contributed by atoms with Gasteiger partial charge in [-0.25, -0.2) is 0 Å². The van der Waals surface area contributed by atoms with Crippen LogP contribution in [0.15, 0.2) is 18.2 Å². The molecule has 0 saturated heterocycles. The van der Waals surface area contributed by atoms with Gasteiger partial charge in [-0.2, -0.15) is 0 Å². The van der Waals surface area contributed by atoms with E-state index < -0.39 is 0 Å². The van der Waals surface area contributed by atoms with Crippen LogP contribution in [0.2, 0.25) is 0 Å². The van der Waals surface area contributed by atoms with Gasteiger partial charge in [0.05, 0.1) is 0 Å². The number of nitrogens with zero attached hydrogens (tertiary/aromatic N) is 2. The van der Waals surface area contributed by atoms with Gasteiger partial charge in [0.1, 0.15) is 0 Å². The number of anilines is 1. The van der Waals surface area contributed by atoms with Crippen molar-refractivity contribution in [2.75, 3.05) is 38.6 Å². The predicted octanol–water partition coefficient (Wildman–Crippen LogP) is 2.50. The largest absolute Gasteiger partial charge is 0.374 e. The third-order valence-electron chi connectivity index (χ3n) is 4.35. The minimum atomic E-state index is 0.642. The normalized spacial score (nSPS) is 14.4. The number of hydrogen-bond donors (Lipinski definition) is 1. The Labute approximate surface area is 124 Å². The Morgan fingerprint density at radius 3 is 2.90 bits per heavy atom. The van der Waals surface area contributed by atoms with Crippen LogP contribution in [0.4, 0.5) is 5.69 Å². The van der Waals surface area contributed by atoms with Gasteiger partial charge >= 0.3 is 0 Å². The number of hydrogen-bond acceptors (Lipinski definition) is 3. The second kappa shape index (κ2) is 7.09. The highest BCUT2D eigenvalue weighted by Crippen LogP contribution is 2.27. The van der Waals surface area contributed by atoms with E-state index in [2.05, 4.69) is 61.3 Å². The quantitative estimate of drug-likeness (QED) is 0.771. The van der Waals surface area contributed by atoms with Crippen molar-refractivity contribution in [1.29, 1.82) is 0 Å². The van der Waals surface area contributed by atoms with Gasteiger partial charge < -0.3 is 15.1 Å². The molecule has 3 heteroatoms. The number of rotatable bonds is 7. The summed E-state index contributed by atoms with van der Waals surface area (Å²) in [5.41, 5.74) is 4.33. The van der Waals surface area contributed by atoms with Crippen molar-refractivity contribution in [3.05, 3.63) is 29.3 Å². The van der Waals surface area contributed by atoms with Crippen molar-refractivity contribution in [1.82, 2.24) is 10.2 Å². The lowest BCUT2D eigenvalue weighted by Crippen LogP contribution is -2.29. The number of nitrogens with one attached hydrogen (secondary N) is 1. The summed E-state index contributed by atoms with van der Waals surface area (Å²) in [6, 6.07) is 7.54. The molecule has 1 aromatic carbocycles. The lowest BCUT2D eigenvalue weighted by molar-refractivity contribution is 0.269. The molecular weight excluding hydrogens is 246 g/mol. The van der Waals surface area contributed by atoms with E-state index in [4.69, 9.17) is 0 Å². The second-order valence-corrected chi connectivity index (χ2v) is 6.24. The van der Waals surface area contributed by atoms with Gasteiger partial charge in [-0.05, 0) is 64.0 Å². The average molecular weight is 275 g/mol. The maximum Gasteiger partial charge on any atom is 0.0397 e. The highest BCUT2D eigenvalue weighted by atomic mass is 15.1. The Morgan fingerprint density at radius 2 is 2.15 bits per heavy atom. The first-order valence-corrected chi connectivity index (χ1v) is 7.82. The van der Waals surface area contributed by atoms with Crippen molar-refractivity contribution < 1.29 is 0 Å². The van der Waals surface area contributed by atoms with E-state index in [-0.39, 0.29) is 0 Å². The fraction of sp³-hybridized carbons (Fsp3) is 0.647. The van der Waals surface area contributed by atoms with Crippen LogP contribution in [0.25, 0.3) is 0 Å². The maximum atomic E-state index is 3.56. The number of fused-ring (bicyclic) bond motifs is 1. The molecule has 112 valence electrons. The monoisotopic (exact) mass is 275 g/mol. The molecule has 3 nitrogen and oxygen atoms in total. The minimum absolute atomic E-state index is 0.642. The zero-order valence-electron chi connectivity index (χ0n) is 13.4. The Kier molecular flexibility index (Phi) is 5.44. The van der Waals surface area contributed by atoms with Gasteiger partial charge in [-0.1, -0.05) is 12.1 Å². The minimum Gasteiger partial charge on any atom is -0.374 e. The van der Waals surface area contributed by atoms with Gasteiger partial charge in [0, 0.05) is 31.9 Å². The molecule has 0 fully saturated rings. The van der Waals surface area contributed by atoms with Crippen molar-refractivity contribution >= 4 is 5.69 Å². The van der Waals surface area contributed by atoms with Crippen molar-refractivity contribution in [3.63, 3.8) is 0 Å². The number of likely N-dealkylation sites (N-methyl/N-ethyl adjacent to an activating group) is 1. The SMILES string of the molecule is CC(C)N(C)CCCNCc1ccc2c(c1)CCN2C. The molecule has 0 atom stereocenters. The van der Waals surface area contributed by atoms with Gasteiger partial charge in [-0.15, -0.1) is 0 Å². The molecule has 0 saturated carbocycles. The first-order chi connectivity index (χ1) is 9.58. The highest BCUT2D eigenvalue weighted by molar-refractivity contribution is 5.58. The van der Waals surface area contributed by atoms with Crippen LogP contribution in [0, 0.1) is 0 Å². The lowest BCUT2D eigenvalue weighted by Gasteiger charge is -2.20. The molecule has 1 heterocycles. The van der Waals surface area contributed by atoms with Crippen LogP contribution in [0.3, 0.4) is 0 Å². The van der Waals surface area contributed by atoms with E-state index in [1.54, 1.807) is 0 Å². The van der Waals surface area contributed by atoms with Crippen LogP contribution >= 0.6 is 0 Å². The molecule has 1 aromatic rings. The van der Waals surface area contributed by atoms with E-state index in [1.807, 2.05) is 0 Å². The van der Waals surface area contributed by atoms with Gasteiger partial charge in [0.15, 0.2) is 0 Å². The molecule has 20 heavy (non-hydrogen) atoms. The van der Waals surface area contributed by atoms with Crippen LogP contribution in [0.5, 0.6) is 0 Å². The van der Waals surface area contributed by atoms with E-state index in [0.29, 0.717) is 6.04 Å². The Bertz CT molecular complexity index is 428. The summed E-state index contributed by atoms with van der Waals surface area (Å²) >= 11 is 0. The van der Waals surface area contributed by atoms with E-state index in [0.717, 1.165) is 19.6 Å². The summed E-state index contributed by atoms with van der Waals surface area (Å²) in [7, 11) is 4.37. The fourth-order valence-corrected chi connectivity index (χ4v) is 2.67. The highest BCUT2D eigenvalue weighted by Gasteiger charge is 2.15. The van der Waals surface area contributed by atoms with Crippen LogP contribution < -0.4 is 10.2 Å². The summed E-state index contributed by atoms with van der Waals surface area (Å²) in [6.07, 6.45) is 2.40. The molecule has 0 radical (unpaired) electrons. The Morgan fingerprint density at radius 1 is 1.35 bits per heavy atom. The Hall–Kier alpha value is -1.06. The first kappa shape index (κ1) is 15.3.